The maximum Gasteiger partial charge on any atom is 0.0576 e. The van der Waals surface area contributed by atoms with Gasteiger partial charge in [-0.15, -0.1) is 0 Å². The molecular weight excluding hydrogens is 224 g/mol. The Morgan fingerprint density at radius 2 is 1.94 bits per heavy atom. The predicted molar refractivity (Wildman–Crippen MR) is 76.0 cm³/mol. The van der Waals surface area contributed by atoms with Gasteiger partial charge in [-0.25, -0.2) is 0 Å². The topological polar surface area (TPSA) is 24.5 Å². The lowest BCUT2D eigenvalue weighted by Gasteiger charge is -2.24. The fraction of sp³-hybridized carbons (Fsp3) is 1.00. The Kier molecular flexibility index (Phi) is 6.46. The van der Waals surface area contributed by atoms with Gasteiger partial charge in [0.25, 0.3) is 0 Å². The molecule has 2 fully saturated rings. The van der Waals surface area contributed by atoms with Crippen LogP contribution in [0.1, 0.15) is 51.4 Å². The minimum absolute atomic E-state index is 0.563. The minimum atomic E-state index is 0.563. The van der Waals surface area contributed by atoms with Crippen LogP contribution >= 0.6 is 0 Å². The molecule has 0 spiro atoms. The van der Waals surface area contributed by atoms with E-state index in [4.69, 9.17) is 4.74 Å². The first-order valence-corrected chi connectivity index (χ1v) is 7.89. The highest BCUT2D eigenvalue weighted by atomic mass is 16.5. The maximum absolute atomic E-state index is 5.63. The molecule has 0 aromatic heterocycles. The lowest BCUT2D eigenvalue weighted by Crippen LogP contribution is -2.35. The van der Waals surface area contributed by atoms with Gasteiger partial charge < -0.3 is 15.0 Å². The minimum Gasteiger partial charge on any atom is -0.378 e. The van der Waals surface area contributed by atoms with Crippen LogP contribution in [-0.4, -0.2) is 50.3 Å². The summed E-state index contributed by atoms with van der Waals surface area (Å²) in [6, 6.07) is 0.860. The van der Waals surface area contributed by atoms with Gasteiger partial charge in [-0.05, 0) is 52.1 Å². The first kappa shape index (κ1) is 14.3. The van der Waals surface area contributed by atoms with Crippen LogP contribution in [0.15, 0.2) is 0 Å². The highest BCUT2D eigenvalue weighted by molar-refractivity contribution is 4.75. The first-order chi connectivity index (χ1) is 8.86. The van der Waals surface area contributed by atoms with Crippen LogP contribution in [0.2, 0.25) is 0 Å². The van der Waals surface area contributed by atoms with Crippen molar-refractivity contribution in [3.63, 3.8) is 0 Å². The summed E-state index contributed by atoms with van der Waals surface area (Å²) in [6.07, 6.45) is 11.3. The van der Waals surface area contributed by atoms with Crippen LogP contribution in [0.4, 0.5) is 0 Å². The normalized spacial score (nSPS) is 25.3. The number of likely N-dealkylation sites (N-methyl/N-ethyl adjacent to an activating group) is 1. The largest absolute Gasteiger partial charge is 0.378 e. The van der Waals surface area contributed by atoms with E-state index in [1.54, 1.807) is 0 Å². The standard InChI is InChI=1S/C15H30N2O/c1-17(14-6-2-3-7-14)12-11-16-10-4-8-15-9-5-13-18-15/h14-16H,2-13H2,1H3. The summed E-state index contributed by atoms with van der Waals surface area (Å²) in [5.41, 5.74) is 0. The molecule has 0 amide bonds. The second-order valence-corrected chi connectivity index (χ2v) is 5.95. The van der Waals surface area contributed by atoms with E-state index in [2.05, 4.69) is 17.3 Å². The van der Waals surface area contributed by atoms with Crippen molar-refractivity contribution in [3.8, 4) is 0 Å². The molecule has 1 atom stereocenters. The average Bonchev–Trinajstić information content (AvgIpc) is 3.05. The number of hydrogen-bond donors (Lipinski definition) is 1. The zero-order valence-electron chi connectivity index (χ0n) is 12.0. The number of nitrogens with one attached hydrogen (secondary N) is 1. The Balaban J connectivity index is 1.40. The zero-order valence-corrected chi connectivity index (χ0v) is 12.0. The van der Waals surface area contributed by atoms with Gasteiger partial charge >= 0.3 is 0 Å². The van der Waals surface area contributed by atoms with Crippen LogP contribution in [0.3, 0.4) is 0 Å². The van der Waals surface area contributed by atoms with Crippen LogP contribution in [-0.2, 0) is 4.74 Å². The van der Waals surface area contributed by atoms with Gasteiger partial charge in [-0.2, -0.15) is 0 Å². The van der Waals surface area contributed by atoms with Crippen LogP contribution in [0.5, 0.6) is 0 Å². The van der Waals surface area contributed by atoms with Crippen LogP contribution < -0.4 is 5.32 Å². The molecule has 1 aliphatic heterocycles. The molecule has 18 heavy (non-hydrogen) atoms. The van der Waals surface area contributed by atoms with Crippen molar-refractivity contribution in [2.24, 2.45) is 0 Å². The van der Waals surface area contributed by atoms with Crippen molar-refractivity contribution >= 4 is 0 Å². The fourth-order valence-electron chi connectivity index (χ4n) is 3.23. The van der Waals surface area contributed by atoms with Crippen molar-refractivity contribution in [3.05, 3.63) is 0 Å². The Bertz CT molecular complexity index is 211. The molecule has 1 aliphatic carbocycles. The maximum atomic E-state index is 5.63. The smallest absolute Gasteiger partial charge is 0.0576 e. The molecule has 0 aromatic carbocycles. The first-order valence-electron chi connectivity index (χ1n) is 7.89. The van der Waals surface area contributed by atoms with E-state index < -0.39 is 0 Å². The Morgan fingerprint density at radius 3 is 2.67 bits per heavy atom. The third kappa shape index (κ3) is 4.87. The molecule has 0 aromatic rings. The van der Waals surface area contributed by atoms with Crippen molar-refractivity contribution in [2.45, 2.75) is 63.5 Å². The molecule has 1 unspecified atom stereocenters. The third-order valence-electron chi connectivity index (χ3n) is 4.49. The summed E-state index contributed by atoms with van der Waals surface area (Å²) in [5.74, 6) is 0. The molecule has 1 N–H and O–H groups in total. The van der Waals surface area contributed by atoms with Gasteiger partial charge in [0.05, 0.1) is 6.10 Å². The lowest BCUT2D eigenvalue weighted by molar-refractivity contribution is 0.102. The Morgan fingerprint density at radius 1 is 1.11 bits per heavy atom. The van der Waals surface area contributed by atoms with E-state index in [1.165, 1.54) is 57.9 Å². The quantitative estimate of drug-likeness (QED) is 0.673. The number of hydrogen-bond acceptors (Lipinski definition) is 3. The summed E-state index contributed by atoms with van der Waals surface area (Å²) in [7, 11) is 2.28. The predicted octanol–water partition coefficient (Wildman–Crippen LogP) is 2.41. The van der Waals surface area contributed by atoms with Crippen LogP contribution in [0, 0.1) is 0 Å². The Hall–Kier alpha value is -0.120. The monoisotopic (exact) mass is 254 g/mol. The second-order valence-electron chi connectivity index (χ2n) is 5.95. The van der Waals surface area contributed by atoms with E-state index >= 15 is 0 Å². The SMILES string of the molecule is CN(CCNCCCC1CCCO1)C1CCCC1. The molecule has 3 nitrogen and oxygen atoms in total. The van der Waals surface area contributed by atoms with E-state index in [-0.39, 0.29) is 0 Å². The lowest BCUT2D eigenvalue weighted by atomic mass is 10.1. The fourth-order valence-corrected chi connectivity index (χ4v) is 3.23. The van der Waals surface area contributed by atoms with Gasteiger partial charge in [0.15, 0.2) is 0 Å². The number of ether oxygens (including phenoxy) is 1. The van der Waals surface area contributed by atoms with Crippen molar-refractivity contribution < 1.29 is 4.74 Å². The molecule has 0 bridgehead atoms. The number of rotatable bonds is 8. The Labute approximate surface area is 112 Å². The molecule has 1 saturated carbocycles. The van der Waals surface area contributed by atoms with Gasteiger partial charge in [-0.3, -0.25) is 0 Å². The van der Waals surface area contributed by atoms with E-state index in [0.717, 1.165) is 25.7 Å². The average molecular weight is 254 g/mol. The molecular formula is C15H30N2O. The van der Waals surface area contributed by atoms with Gasteiger partial charge in [-0.1, -0.05) is 12.8 Å². The molecule has 0 radical (unpaired) electrons. The second kappa shape index (κ2) is 8.13. The molecule has 2 aliphatic rings. The summed E-state index contributed by atoms with van der Waals surface area (Å²) in [6.45, 7) is 4.48. The molecule has 2 rings (SSSR count). The summed E-state index contributed by atoms with van der Waals surface area (Å²) < 4.78 is 5.63. The van der Waals surface area contributed by atoms with E-state index in [0.29, 0.717) is 6.10 Å². The summed E-state index contributed by atoms with van der Waals surface area (Å²) >= 11 is 0. The summed E-state index contributed by atoms with van der Waals surface area (Å²) in [4.78, 5) is 2.54. The summed E-state index contributed by atoms with van der Waals surface area (Å²) in [5, 5.41) is 3.57. The molecule has 1 heterocycles. The van der Waals surface area contributed by atoms with Gasteiger partial charge in [0.1, 0.15) is 0 Å². The molecule has 106 valence electrons. The number of nitrogens with zero attached hydrogens (tertiary/aromatic N) is 1. The van der Waals surface area contributed by atoms with E-state index in [1.807, 2.05) is 0 Å². The van der Waals surface area contributed by atoms with Crippen molar-refractivity contribution in [2.75, 3.05) is 33.3 Å². The molecule has 3 heteroatoms. The third-order valence-corrected chi connectivity index (χ3v) is 4.49. The van der Waals surface area contributed by atoms with Gasteiger partial charge in [0, 0.05) is 25.7 Å². The van der Waals surface area contributed by atoms with E-state index in [9.17, 15) is 0 Å². The zero-order chi connectivity index (χ0) is 12.6. The van der Waals surface area contributed by atoms with Gasteiger partial charge in [0.2, 0.25) is 0 Å². The van der Waals surface area contributed by atoms with Crippen molar-refractivity contribution in [1.82, 2.24) is 10.2 Å². The van der Waals surface area contributed by atoms with Crippen molar-refractivity contribution in [1.29, 1.82) is 0 Å². The highest BCUT2D eigenvalue weighted by Gasteiger charge is 2.18. The highest BCUT2D eigenvalue weighted by Crippen LogP contribution is 2.21. The molecule has 1 saturated heterocycles. The van der Waals surface area contributed by atoms with Crippen LogP contribution in [0.25, 0.3) is 0 Å².